The first-order valence-corrected chi connectivity index (χ1v) is 12.1. The number of halogens is 3. The first kappa shape index (κ1) is 21.9. The van der Waals surface area contributed by atoms with Crippen LogP contribution in [0, 0.1) is 17.8 Å². The van der Waals surface area contributed by atoms with Gasteiger partial charge in [-0.15, -0.1) is 23.2 Å². The largest absolute Gasteiger partial charge is 0.508 e. The molecule has 0 spiro atoms. The van der Waals surface area contributed by atoms with Gasteiger partial charge in [0.15, 0.2) is 9.75 Å². The number of aromatic hydroxyl groups is 1. The number of phenolic OH excluding ortho intramolecular Hbond substituents is 1. The molecule has 0 aromatic heterocycles. The molecule has 1 aromatic rings. The molecule has 7 nitrogen and oxygen atoms in total. The lowest BCUT2D eigenvalue weighted by Crippen LogP contribution is -2.60. The molecule has 4 amide bonds. The fraction of sp³-hybridized carbons (Fsp3) is 0.455. The molecule has 6 atom stereocenters. The highest BCUT2D eigenvalue weighted by Gasteiger charge is 2.76. The summed E-state index contributed by atoms with van der Waals surface area (Å²) in [6.45, 7) is 0. The molecule has 5 rings (SSSR count). The second-order valence-electron chi connectivity index (χ2n) is 8.81. The highest BCUT2D eigenvalue weighted by molar-refractivity contribution is 9.09. The van der Waals surface area contributed by atoms with Crippen LogP contribution in [0.25, 0.3) is 0 Å². The van der Waals surface area contributed by atoms with Gasteiger partial charge in [0, 0.05) is 13.0 Å². The van der Waals surface area contributed by atoms with Crippen LogP contribution in [0.3, 0.4) is 0 Å². The molecule has 1 saturated carbocycles. The smallest absolute Gasteiger partial charge is 0.254 e. The van der Waals surface area contributed by atoms with Gasteiger partial charge in [0.05, 0.1) is 17.3 Å². The quantitative estimate of drug-likeness (QED) is 0.269. The molecule has 1 aromatic carbocycles. The minimum Gasteiger partial charge on any atom is -0.508 e. The van der Waals surface area contributed by atoms with E-state index in [1.165, 1.54) is 19.2 Å². The fourth-order valence-corrected chi connectivity index (χ4v) is 7.38. The second kappa shape index (κ2) is 7.05. The van der Waals surface area contributed by atoms with Gasteiger partial charge in [-0.25, -0.2) is 0 Å². The van der Waals surface area contributed by atoms with Crippen molar-refractivity contribution in [1.29, 1.82) is 0 Å². The van der Waals surface area contributed by atoms with E-state index in [-0.39, 0.29) is 29.4 Å². The van der Waals surface area contributed by atoms with E-state index in [4.69, 9.17) is 23.2 Å². The number of carbonyl (C=O) groups excluding carboxylic acids is 4. The normalized spacial score (nSPS) is 38.6. The zero-order valence-electron chi connectivity index (χ0n) is 16.9. The predicted molar refractivity (Wildman–Crippen MR) is 119 cm³/mol. The number of nitrogens with zero attached hydrogens (tertiary/aromatic N) is 2. The van der Waals surface area contributed by atoms with Crippen molar-refractivity contribution in [3.05, 3.63) is 41.5 Å². The van der Waals surface area contributed by atoms with Crippen molar-refractivity contribution in [2.24, 2.45) is 17.8 Å². The average molecular weight is 542 g/mol. The number of rotatable bonds is 2. The standard InChI is InChI=1S/C22H19BrCl2N2O5/c1-26-17(29)13-7-6-12-14(15(13)18(26)30)8-21(24)19(31)27(9-23)20(32)22(21,25)16(12)10-2-4-11(28)5-3-10/h2-6,13-16,28H,7-9H2,1H3/t13-,14+,15-,16-,21+,22-/m0/s1. The number of hydrogen-bond acceptors (Lipinski definition) is 5. The Morgan fingerprint density at radius 1 is 1.06 bits per heavy atom. The molecule has 0 unspecified atom stereocenters. The van der Waals surface area contributed by atoms with Crippen LogP contribution >= 0.6 is 39.1 Å². The number of allylic oxidation sites excluding steroid dienone is 2. The third-order valence-electron chi connectivity index (χ3n) is 7.46. The van der Waals surface area contributed by atoms with Gasteiger partial charge in [-0.1, -0.05) is 39.7 Å². The molecule has 3 fully saturated rings. The van der Waals surface area contributed by atoms with Gasteiger partial charge in [-0.05, 0) is 36.5 Å². The van der Waals surface area contributed by atoms with Crippen molar-refractivity contribution in [3.63, 3.8) is 0 Å². The van der Waals surface area contributed by atoms with Crippen LogP contribution in [-0.2, 0) is 19.2 Å². The van der Waals surface area contributed by atoms with Crippen molar-refractivity contribution in [2.45, 2.75) is 28.5 Å². The van der Waals surface area contributed by atoms with Gasteiger partial charge in [0.2, 0.25) is 11.8 Å². The van der Waals surface area contributed by atoms with E-state index < -0.39 is 45.2 Å². The number of benzene rings is 1. The monoisotopic (exact) mass is 540 g/mol. The van der Waals surface area contributed by atoms with Gasteiger partial charge >= 0.3 is 0 Å². The third kappa shape index (κ3) is 2.49. The van der Waals surface area contributed by atoms with Crippen molar-refractivity contribution in [2.75, 3.05) is 12.5 Å². The Balaban J connectivity index is 1.74. The molecule has 168 valence electrons. The summed E-state index contributed by atoms with van der Waals surface area (Å²) < 4.78 is 0. The summed E-state index contributed by atoms with van der Waals surface area (Å²) in [5.41, 5.74) is 1.27. The Hall–Kier alpha value is -1.90. The number of carbonyl (C=O) groups is 4. The van der Waals surface area contributed by atoms with Crippen molar-refractivity contribution in [3.8, 4) is 5.75 Å². The summed E-state index contributed by atoms with van der Waals surface area (Å²) >= 11 is 17.3. The SMILES string of the molecule is CN1C(=O)[C@H]2[C@H](CC=C3[C@H]2C[C@@]2(Cl)C(=O)N(CBr)C(=O)[C@@]2(Cl)[C@H]3c2ccc(O)cc2)C1=O. The maximum absolute atomic E-state index is 13.5. The summed E-state index contributed by atoms with van der Waals surface area (Å²) in [5.74, 6) is -4.27. The van der Waals surface area contributed by atoms with Crippen LogP contribution < -0.4 is 0 Å². The van der Waals surface area contributed by atoms with E-state index >= 15 is 0 Å². The first-order valence-electron chi connectivity index (χ1n) is 10.2. The maximum atomic E-state index is 13.5. The van der Waals surface area contributed by atoms with Crippen LogP contribution in [0.5, 0.6) is 5.75 Å². The Labute approximate surface area is 202 Å². The molecule has 2 aliphatic heterocycles. The summed E-state index contributed by atoms with van der Waals surface area (Å²) in [6, 6.07) is 6.23. The van der Waals surface area contributed by atoms with Gasteiger partial charge in [-0.2, -0.15) is 0 Å². The molecular formula is C22H19BrCl2N2O5. The lowest BCUT2D eigenvalue weighted by Gasteiger charge is -2.50. The fourth-order valence-electron chi connectivity index (χ4n) is 5.95. The van der Waals surface area contributed by atoms with E-state index in [0.29, 0.717) is 12.0 Å². The number of imide groups is 2. The number of fused-ring (bicyclic) bond motifs is 4. The summed E-state index contributed by atoms with van der Waals surface area (Å²) in [6.07, 6.45) is 2.19. The zero-order chi connectivity index (χ0) is 23.2. The van der Waals surface area contributed by atoms with Crippen LogP contribution in [0.1, 0.15) is 24.3 Å². The Kier molecular flexibility index (Phi) is 4.83. The number of likely N-dealkylation sites (tertiary alicyclic amines) is 2. The molecular weight excluding hydrogens is 523 g/mol. The van der Waals surface area contributed by atoms with Crippen molar-refractivity contribution in [1.82, 2.24) is 9.80 Å². The highest BCUT2D eigenvalue weighted by Crippen LogP contribution is 2.65. The minimum absolute atomic E-state index is 0.0272. The molecule has 2 saturated heterocycles. The van der Waals surface area contributed by atoms with Gasteiger partial charge in [0.25, 0.3) is 11.8 Å². The van der Waals surface area contributed by atoms with Gasteiger partial charge < -0.3 is 5.11 Å². The predicted octanol–water partition coefficient (Wildman–Crippen LogP) is 2.73. The van der Waals surface area contributed by atoms with E-state index in [9.17, 15) is 24.3 Å². The first-order chi connectivity index (χ1) is 15.1. The van der Waals surface area contributed by atoms with Gasteiger partial charge in [-0.3, -0.25) is 29.0 Å². The highest BCUT2D eigenvalue weighted by atomic mass is 79.9. The number of amides is 4. The Morgan fingerprint density at radius 2 is 1.72 bits per heavy atom. The molecule has 0 radical (unpaired) electrons. The Morgan fingerprint density at radius 3 is 2.34 bits per heavy atom. The lowest BCUT2D eigenvalue weighted by atomic mass is 9.56. The number of phenols is 1. The zero-order valence-corrected chi connectivity index (χ0v) is 20.0. The van der Waals surface area contributed by atoms with Gasteiger partial charge in [0.1, 0.15) is 5.75 Å². The average Bonchev–Trinajstić information content (AvgIpc) is 3.08. The number of hydrogen-bond donors (Lipinski definition) is 1. The van der Waals surface area contributed by atoms with Crippen molar-refractivity contribution >= 4 is 62.8 Å². The third-order valence-corrected chi connectivity index (χ3v) is 9.38. The van der Waals surface area contributed by atoms with Crippen LogP contribution in [0.15, 0.2) is 35.9 Å². The van der Waals surface area contributed by atoms with Crippen LogP contribution in [0.2, 0.25) is 0 Å². The van der Waals surface area contributed by atoms with E-state index in [0.717, 1.165) is 15.4 Å². The summed E-state index contributed by atoms with van der Waals surface area (Å²) in [7, 11) is 1.46. The maximum Gasteiger partial charge on any atom is 0.254 e. The molecule has 4 aliphatic rings. The van der Waals surface area contributed by atoms with E-state index in [1.54, 1.807) is 12.1 Å². The molecule has 10 heteroatoms. The molecule has 0 bridgehead atoms. The second-order valence-corrected chi connectivity index (χ2v) is 10.6. The lowest BCUT2D eigenvalue weighted by molar-refractivity contribution is -0.140. The van der Waals surface area contributed by atoms with Crippen LogP contribution in [0.4, 0.5) is 0 Å². The van der Waals surface area contributed by atoms with Crippen molar-refractivity contribution < 1.29 is 24.3 Å². The Bertz CT molecular complexity index is 1110. The number of alkyl halides is 3. The summed E-state index contributed by atoms with van der Waals surface area (Å²) in [5, 5.41) is 9.78. The molecule has 2 heterocycles. The van der Waals surface area contributed by atoms with E-state index in [2.05, 4.69) is 15.9 Å². The molecule has 1 N–H and O–H groups in total. The van der Waals surface area contributed by atoms with Crippen LogP contribution in [-0.4, -0.2) is 60.8 Å². The van der Waals surface area contributed by atoms with E-state index in [1.807, 2.05) is 6.08 Å². The minimum atomic E-state index is -1.82. The summed E-state index contributed by atoms with van der Waals surface area (Å²) in [4.78, 5) is 51.0. The molecule has 32 heavy (non-hydrogen) atoms. The molecule has 2 aliphatic carbocycles. The topological polar surface area (TPSA) is 95.0 Å².